The number of carbonyl (C=O) groups excluding carboxylic acids is 1. The maximum absolute atomic E-state index is 16.3. The quantitative estimate of drug-likeness (QED) is 0.234. The van der Waals surface area contributed by atoms with E-state index in [1.54, 1.807) is 11.7 Å². The highest BCUT2D eigenvalue weighted by atomic mass is 19.4. The first-order chi connectivity index (χ1) is 18.5. The van der Waals surface area contributed by atoms with Crippen molar-refractivity contribution in [3.8, 4) is 17.0 Å². The van der Waals surface area contributed by atoms with Crippen molar-refractivity contribution in [2.75, 3.05) is 25.9 Å². The molecule has 39 heavy (non-hydrogen) atoms. The number of nitrogens with one attached hydrogen (secondary N) is 2. The summed E-state index contributed by atoms with van der Waals surface area (Å²) >= 11 is 0. The van der Waals surface area contributed by atoms with Crippen molar-refractivity contribution in [1.82, 2.24) is 25.4 Å². The number of amides is 1. The van der Waals surface area contributed by atoms with Crippen LogP contribution in [0.5, 0.6) is 5.75 Å². The number of benzene rings is 1. The minimum atomic E-state index is -5.19. The van der Waals surface area contributed by atoms with Crippen molar-refractivity contribution in [1.29, 1.82) is 0 Å². The molecule has 210 valence electrons. The summed E-state index contributed by atoms with van der Waals surface area (Å²) in [6.45, 7) is 5.51. The molecule has 4 N–H and O–H groups in total. The van der Waals surface area contributed by atoms with Gasteiger partial charge in [-0.3, -0.25) is 9.48 Å². The number of fused-ring (bicyclic) bond motifs is 2. The van der Waals surface area contributed by atoms with Crippen LogP contribution in [0.1, 0.15) is 56.0 Å². The van der Waals surface area contributed by atoms with Gasteiger partial charge in [0.2, 0.25) is 6.41 Å². The molecular weight excluding hydrogens is 523 g/mol. The smallest absolute Gasteiger partial charge is 0.402 e. The molecule has 0 radical (unpaired) electrons. The highest BCUT2D eigenvalue weighted by Gasteiger charge is 2.56. The van der Waals surface area contributed by atoms with Gasteiger partial charge in [0.1, 0.15) is 11.2 Å². The van der Waals surface area contributed by atoms with E-state index in [0.29, 0.717) is 35.4 Å². The normalized spacial score (nSPS) is 21.9. The Morgan fingerprint density at radius 2 is 1.85 bits per heavy atom. The summed E-state index contributed by atoms with van der Waals surface area (Å²) in [5, 5.41) is 11.1. The second kappa shape index (κ2) is 9.92. The molecule has 0 spiro atoms. The van der Waals surface area contributed by atoms with Crippen molar-refractivity contribution in [3.05, 3.63) is 35.2 Å². The number of nitrogen functional groups attached to an aromatic ring is 1. The topological polar surface area (TPSA) is 107 Å². The standard InChI is InChI=1S/C24H24F5N5O.C2H5NO/c1-9(2)19-17-21(16-13-7-31-8-14(13)16)33-34(11-3-4-11)22(17)18(26)20(32-19)12-5-10(30)6-15(25)23(12)35-24(27,28)29;1-3-2-4/h5-6,9,11,13-14,16,31H,3-4,7-8,30H2,1-2H3;2H,1H3,(H,3,4)/t13-,14+,16?;. The number of nitrogens with two attached hydrogens (primary N) is 1. The third-order valence-corrected chi connectivity index (χ3v) is 7.35. The van der Waals surface area contributed by atoms with Crippen molar-refractivity contribution >= 4 is 23.0 Å². The van der Waals surface area contributed by atoms with E-state index in [1.165, 1.54) is 0 Å². The number of ether oxygens (including phenoxy) is 1. The molecule has 2 aliphatic carbocycles. The maximum Gasteiger partial charge on any atom is 0.573 e. The maximum atomic E-state index is 16.3. The van der Waals surface area contributed by atoms with Crippen LogP contribution in [0.25, 0.3) is 22.2 Å². The Hall–Kier alpha value is -3.48. The van der Waals surface area contributed by atoms with Gasteiger partial charge in [-0.2, -0.15) is 5.10 Å². The number of halogens is 5. The lowest BCUT2D eigenvalue weighted by Crippen LogP contribution is -2.19. The van der Waals surface area contributed by atoms with Crippen molar-refractivity contribution in [3.63, 3.8) is 0 Å². The summed E-state index contributed by atoms with van der Waals surface area (Å²) in [6.07, 6.45) is -2.90. The van der Waals surface area contributed by atoms with E-state index < -0.39 is 35.0 Å². The molecule has 3 atom stereocenters. The second-order valence-electron chi connectivity index (χ2n) is 10.4. The number of pyridine rings is 1. The Bertz CT molecular complexity index is 1410. The zero-order chi connectivity index (χ0) is 28.2. The Morgan fingerprint density at radius 3 is 2.38 bits per heavy atom. The molecule has 13 heteroatoms. The van der Waals surface area contributed by atoms with Gasteiger partial charge in [-0.25, -0.2) is 13.8 Å². The van der Waals surface area contributed by atoms with Gasteiger partial charge in [0, 0.05) is 30.1 Å². The van der Waals surface area contributed by atoms with Crippen molar-refractivity contribution < 1.29 is 31.5 Å². The van der Waals surface area contributed by atoms with E-state index in [9.17, 15) is 17.6 Å². The third-order valence-electron chi connectivity index (χ3n) is 7.35. The van der Waals surface area contributed by atoms with E-state index in [-0.39, 0.29) is 29.1 Å². The summed E-state index contributed by atoms with van der Waals surface area (Å²) in [7, 11) is 1.56. The van der Waals surface area contributed by atoms with Gasteiger partial charge in [-0.1, -0.05) is 13.8 Å². The molecule has 1 amide bonds. The van der Waals surface area contributed by atoms with Crippen LogP contribution < -0.4 is 21.1 Å². The SMILES string of the molecule is CC(C)c1nc(-c2cc(N)cc(F)c2OC(F)(F)F)c(F)c2c1c(C1[C@H]3CNC[C@@H]13)nn2C1CC1.CNC=O. The average molecular weight is 553 g/mol. The lowest BCUT2D eigenvalue weighted by atomic mass is 9.98. The first-order valence-corrected chi connectivity index (χ1v) is 12.7. The third kappa shape index (κ3) is 4.99. The molecule has 3 aliphatic rings. The van der Waals surface area contributed by atoms with Crippen LogP contribution in [0.4, 0.5) is 27.6 Å². The van der Waals surface area contributed by atoms with Gasteiger partial charge in [0.25, 0.3) is 0 Å². The number of hydrogen-bond donors (Lipinski definition) is 3. The highest BCUT2D eigenvalue weighted by Crippen LogP contribution is 2.58. The van der Waals surface area contributed by atoms with Crippen LogP contribution in [-0.4, -0.2) is 47.7 Å². The summed E-state index contributed by atoms with van der Waals surface area (Å²) in [6, 6.07) is 1.77. The van der Waals surface area contributed by atoms with E-state index in [2.05, 4.69) is 20.4 Å². The molecule has 1 unspecified atom stereocenters. The number of carbonyl (C=O) groups is 1. The van der Waals surface area contributed by atoms with Gasteiger partial charge in [0.15, 0.2) is 17.4 Å². The van der Waals surface area contributed by atoms with Gasteiger partial charge in [-0.15, -0.1) is 13.2 Å². The molecule has 0 bridgehead atoms. The molecule has 2 saturated carbocycles. The molecule has 3 fully saturated rings. The number of aromatic nitrogens is 3. The zero-order valence-electron chi connectivity index (χ0n) is 21.6. The van der Waals surface area contributed by atoms with Crippen LogP contribution in [-0.2, 0) is 4.79 Å². The molecule has 8 nitrogen and oxygen atoms in total. The monoisotopic (exact) mass is 552 g/mol. The summed E-state index contributed by atoms with van der Waals surface area (Å²) in [4.78, 5) is 13.5. The van der Waals surface area contributed by atoms with Crippen LogP contribution in [0.2, 0.25) is 0 Å². The molecule has 1 aliphatic heterocycles. The van der Waals surface area contributed by atoms with E-state index in [1.807, 2.05) is 13.8 Å². The first-order valence-electron chi connectivity index (χ1n) is 12.7. The molecule has 1 aromatic carbocycles. The average Bonchev–Trinajstić information content (AvgIpc) is 3.74. The summed E-state index contributed by atoms with van der Waals surface area (Å²) in [5.41, 5.74) is 6.16. The molecular formula is C26H29F5N6O2. The lowest BCUT2D eigenvalue weighted by molar-refractivity contribution is -0.275. The lowest BCUT2D eigenvalue weighted by Gasteiger charge is -2.17. The zero-order valence-corrected chi connectivity index (χ0v) is 21.6. The van der Waals surface area contributed by atoms with Gasteiger partial charge >= 0.3 is 6.36 Å². The Balaban J connectivity index is 0.000000723. The second-order valence-corrected chi connectivity index (χ2v) is 10.4. The molecule has 3 aromatic rings. The number of alkyl halides is 3. The summed E-state index contributed by atoms with van der Waals surface area (Å²) < 4.78 is 75.9. The minimum absolute atomic E-state index is 0.0104. The fourth-order valence-electron chi connectivity index (χ4n) is 5.50. The van der Waals surface area contributed by atoms with Crippen LogP contribution in [0, 0.1) is 23.5 Å². The van der Waals surface area contributed by atoms with Crippen LogP contribution in [0.15, 0.2) is 12.1 Å². The molecule has 6 rings (SSSR count). The van der Waals surface area contributed by atoms with E-state index in [0.717, 1.165) is 37.7 Å². The number of hydrogen-bond acceptors (Lipinski definition) is 6. The first kappa shape index (κ1) is 27.1. The predicted octanol–water partition coefficient (Wildman–Crippen LogP) is 4.61. The van der Waals surface area contributed by atoms with Gasteiger partial charge < -0.3 is 21.1 Å². The number of rotatable bonds is 6. The largest absolute Gasteiger partial charge is 0.573 e. The highest BCUT2D eigenvalue weighted by molar-refractivity contribution is 5.91. The Morgan fingerprint density at radius 1 is 1.21 bits per heavy atom. The fraction of sp³-hybridized carbons (Fsp3) is 0.500. The minimum Gasteiger partial charge on any atom is -0.402 e. The van der Waals surface area contributed by atoms with E-state index in [4.69, 9.17) is 15.6 Å². The van der Waals surface area contributed by atoms with Crippen LogP contribution in [0.3, 0.4) is 0 Å². The van der Waals surface area contributed by atoms with Gasteiger partial charge in [-0.05, 0) is 49.8 Å². The fourth-order valence-corrected chi connectivity index (χ4v) is 5.50. The number of anilines is 1. The van der Waals surface area contributed by atoms with Crippen molar-refractivity contribution in [2.24, 2.45) is 11.8 Å². The summed E-state index contributed by atoms with van der Waals surface area (Å²) in [5.74, 6) is -2.50. The predicted molar refractivity (Wildman–Crippen MR) is 134 cm³/mol. The van der Waals surface area contributed by atoms with Crippen LogP contribution >= 0.6 is 0 Å². The van der Waals surface area contributed by atoms with Gasteiger partial charge in [0.05, 0.1) is 23.0 Å². The molecule has 2 aromatic heterocycles. The Labute approximate surface area is 221 Å². The molecule has 3 heterocycles. The van der Waals surface area contributed by atoms with Crippen molar-refractivity contribution in [2.45, 2.75) is 50.9 Å². The number of nitrogens with zero attached hydrogens (tertiary/aromatic N) is 3. The van der Waals surface area contributed by atoms with E-state index >= 15 is 4.39 Å². The molecule has 1 saturated heterocycles. The number of piperidine rings is 1. The Kier molecular flexibility index (Phi) is 6.90.